The second kappa shape index (κ2) is 5.95. The van der Waals surface area contributed by atoms with Gasteiger partial charge in [-0.1, -0.05) is 0 Å². The summed E-state index contributed by atoms with van der Waals surface area (Å²) < 4.78 is 4.84. The van der Waals surface area contributed by atoms with Crippen molar-refractivity contribution in [3.8, 4) is 0 Å². The van der Waals surface area contributed by atoms with Crippen molar-refractivity contribution in [2.45, 2.75) is 0 Å². The van der Waals surface area contributed by atoms with Gasteiger partial charge in [-0.05, 0) is 0 Å². The zero-order chi connectivity index (χ0) is 10.4. The number of methoxy groups -OCH3 is 1. The number of hydrogen-bond donors (Lipinski definition) is 2. The van der Waals surface area contributed by atoms with Crippen molar-refractivity contribution in [1.29, 1.82) is 0 Å². The maximum Gasteiger partial charge on any atom is 0.236 e. The molecule has 1 saturated heterocycles. The lowest BCUT2D eigenvalue weighted by Crippen LogP contribution is -2.53. The standard InChI is InChI=1S/C9H18N2O3/c1-14-3-2-10-4-9(13)11-5-8(6-11)7-12/h8,10,12H,2-7H2,1H3. The van der Waals surface area contributed by atoms with E-state index in [2.05, 4.69) is 5.32 Å². The highest BCUT2D eigenvalue weighted by atomic mass is 16.5. The number of likely N-dealkylation sites (tertiary alicyclic amines) is 1. The van der Waals surface area contributed by atoms with Gasteiger partial charge in [-0.3, -0.25) is 4.79 Å². The Morgan fingerprint density at radius 2 is 2.36 bits per heavy atom. The molecule has 5 nitrogen and oxygen atoms in total. The second-order valence-corrected chi connectivity index (χ2v) is 3.52. The Bertz CT molecular complexity index is 181. The molecule has 0 aromatic heterocycles. The summed E-state index contributed by atoms with van der Waals surface area (Å²) in [4.78, 5) is 13.1. The van der Waals surface area contributed by atoms with Gasteiger partial charge < -0.3 is 20.1 Å². The molecule has 1 aliphatic rings. The summed E-state index contributed by atoms with van der Waals surface area (Å²) >= 11 is 0. The first kappa shape index (κ1) is 11.4. The largest absolute Gasteiger partial charge is 0.396 e. The minimum Gasteiger partial charge on any atom is -0.396 e. The smallest absolute Gasteiger partial charge is 0.236 e. The first-order chi connectivity index (χ1) is 6.77. The van der Waals surface area contributed by atoms with E-state index in [0.29, 0.717) is 32.8 Å². The predicted molar refractivity (Wildman–Crippen MR) is 51.9 cm³/mol. The van der Waals surface area contributed by atoms with E-state index in [-0.39, 0.29) is 18.4 Å². The van der Waals surface area contributed by atoms with E-state index in [0.717, 1.165) is 0 Å². The number of nitrogens with one attached hydrogen (secondary N) is 1. The summed E-state index contributed by atoms with van der Waals surface area (Å²) in [5.41, 5.74) is 0. The van der Waals surface area contributed by atoms with Crippen molar-refractivity contribution < 1.29 is 14.6 Å². The van der Waals surface area contributed by atoms with Crippen LogP contribution in [0.15, 0.2) is 0 Å². The van der Waals surface area contributed by atoms with E-state index in [4.69, 9.17) is 9.84 Å². The highest BCUT2D eigenvalue weighted by molar-refractivity contribution is 5.79. The summed E-state index contributed by atoms with van der Waals surface area (Å²) in [5.74, 6) is 0.392. The van der Waals surface area contributed by atoms with Gasteiger partial charge in [0.05, 0.1) is 13.2 Å². The third-order valence-electron chi connectivity index (χ3n) is 2.33. The van der Waals surface area contributed by atoms with Gasteiger partial charge in [-0.15, -0.1) is 0 Å². The maximum atomic E-state index is 11.4. The molecule has 0 unspecified atom stereocenters. The molecule has 14 heavy (non-hydrogen) atoms. The topological polar surface area (TPSA) is 61.8 Å². The average Bonchev–Trinajstić information content (AvgIpc) is 2.11. The monoisotopic (exact) mass is 202 g/mol. The molecule has 0 aromatic carbocycles. The molecule has 0 atom stereocenters. The molecule has 0 bridgehead atoms. The van der Waals surface area contributed by atoms with E-state index >= 15 is 0 Å². The minimum atomic E-state index is 0.103. The van der Waals surface area contributed by atoms with Crippen molar-refractivity contribution in [2.75, 3.05) is 46.5 Å². The van der Waals surface area contributed by atoms with Crippen LogP contribution in [0.25, 0.3) is 0 Å². The van der Waals surface area contributed by atoms with Crippen LogP contribution in [-0.2, 0) is 9.53 Å². The van der Waals surface area contributed by atoms with E-state index < -0.39 is 0 Å². The van der Waals surface area contributed by atoms with Gasteiger partial charge in [0, 0.05) is 39.3 Å². The molecule has 0 spiro atoms. The molecular weight excluding hydrogens is 184 g/mol. The summed E-state index contributed by atoms with van der Waals surface area (Å²) in [6, 6.07) is 0. The number of carbonyl (C=O) groups is 1. The Balaban J connectivity index is 2.00. The van der Waals surface area contributed by atoms with Crippen LogP contribution in [0.3, 0.4) is 0 Å². The summed E-state index contributed by atoms with van der Waals surface area (Å²) in [7, 11) is 1.63. The number of aliphatic hydroxyl groups excluding tert-OH is 1. The number of ether oxygens (including phenoxy) is 1. The van der Waals surface area contributed by atoms with E-state index in [1.807, 2.05) is 0 Å². The SMILES string of the molecule is COCCNCC(=O)N1CC(CO)C1. The van der Waals surface area contributed by atoms with E-state index in [9.17, 15) is 4.79 Å². The lowest BCUT2D eigenvalue weighted by atomic mass is 10.0. The third-order valence-corrected chi connectivity index (χ3v) is 2.33. The van der Waals surface area contributed by atoms with Crippen LogP contribution in [0.2, 0.25) is 0 Å². The number of carbonyl (C=O) groups excluding carboxylic acids is 1. The molecule has 1 aliphatic heterocycles. The van der Waals surface area contributed by atoms with Gasteiger partial charge in [0.25, 0.3) is 0 Å². The molecule has 2 N–H and O–H groups in total. The molecule has 1 heterocycles. The molecule has 1 fully saturated rings. The van der Waals surface area contributed by atoms with Gasteiger partial charge in [0.1, 0.15) is 0 Å². The summed E-state index contributed by atoms with van der Waals surface area (Å²) in [6.45, 7) is 3.25. The van der Waals surface area contributed by atoms with Gasteiger partial charge in [0.15, 0.2) is 0 Å². The highest BCUT2D eigenvalue weighted by Crippen LogP contribution is 2.13. The fourth-order valence-electron chi connectivity index (χ4n) is 1.37. The maximum absolute atomic E-state index is 11.4. The van der Waals surface area contributed by atoms with Crippen LogP contribution in [0.1, 0.15) is 0 Å². The molecule has 0 aromatic rings. The Hall–Kier alpha value is -0.650. The fraction of sp³-hybridized carbons (Fsp3) is 0.889. The van der Waals surface area contributed by atoms with Crippen LogP contribution in [0, 0.1) is 5.92 Å². The molecule has 0 saturated carbocycles. The molecule has 0 aliphatic carbocycles. The third kappa shape index (κ3) is 3.25. The normalized spacial score (nSPS) is 16.9. The first-order valence-electron chi connectivity index (χ1n) is 4.86. The average molecular weight is 202 g/mol. The quantitative estimate of drug-likeness (QED) is 0.524. The Labute approximate surface area is 84.0 Å². The first-order valence-corrected chi connectivity index (χ1v) is 4.86. The Morgan fingerprint density at radius 3 is 2.93 bits per heavy atom. The van der Waals surface area contributed by atoms with E-state index in [1.54, 1.807) is 12.0 Å². The lowest BCUT2D eigenvalue weighted by Gasteiger charge is -2.38. The molecule has 0 radical (unpaired) electrons. The molecule has 5 heteroatoms. The van der Waals surface area contributed by atoms with E-state index in [1.165, 1.54) is 0 Å². The lowest BCUT2D eigenvalue weighted by molar-refractivity contribution is -0.137. The zero-order valence-electron chi connectivity index (χ0n) is 8.53. The van der Waals surface area contributed by atoms with Gasteiger partial charge >= 0.3 is 0 Å². The Kier molecular flexibility index (Phi) is 4.86. The van der Waals surface area contributed by atoms with Crippen LogP contribution < -0.4 is 5.32 Å². The second-order valence-electron chi connectivity index (χ2n) is 3.52. The predicted octanol–water partition coefficient (Wildman–Crippen LogP) is -1.33. The van der Waals surface area contributed by atoms with Gasteiger partial charge in [-0.2, -0.15) is 0 Å². The zero-order valence-corrected chi connectivity index (χ0v) is 8.53. The minimum absolute atomic E-state index is 0.103. The van der Waals surface area contributed by atoms with Gasteiger partial charge in [0.2, 0.25) is 5.91 Å². The number of hydrogen-bond acceptors (Lipinski definition) is 4. The van der Waals surface area contributed by atoms with Crippen molar-refractivity contribution in [1.82, 2.24) is 10.2 Å². The molecule has 1 amide bonds. The van der Waals surface area contributed by atoms with Crippen molar-refractivity contribution in [3.05, 3.63) is 0 Å². The fourth-order valence-corrected chi connectivity index (χ4v) is 1.37. The number of rotatable bonds is 6. The number of nitrogens with zero attached hydrogens (tertiary/aromatic N) is 1. The molecule has 1 rings (SSSR count). The number of aliphatic hydroxyl groups is 1. The molecular formula is C9H18N2O3. The van der Waals surface area contributed by atoms with Crippen LogP contribution in [0.4, 0.5) is 0 Å². The van der Waals surface area contributed by atoms with Crippen LogP contribution in [0.5, 0.6) is 0 Å². The van der Waals surface area contributed by atoms with Gasteiger partial charge in [-0.25, -0.2) is 0 Å². The summed E-state index contributed by atoms with van der Waals surface area (Å²) in [6.07, 6.45) is 0. The Morgan fingerprint density at radius 1 is 1.64 bits per heavy atom. The highest BCUT2D eigenvalue weighted by Gasteiger charge is 2.29. The van der Waals surface area contributed by atoms with Crippen molar-refractivity contribution >= 4 is 5.91 Å². The van der Waals surface area contributed by atoms with Crippen molar-refractivity contribution in [3.63, 3.8) is 0 Å². The van der Waals surface area contributed by atoms with Crippen LogP contribution in [-0.4, -0.2) is 62.4 Å². The molecule has 82 valence electrons. The number of amides is 1. The van der Waals surface area contributed by atoms with Crippen molar-refractivity contribution in [2.24, 2.45) is 5.92 Å². The van der Waals surface area contributed by atoms with Crippen LogP contribution >= 0.6 is 0 Å². The summed E-state index contributed by atoms with van der Waals surface area (Å²) in [5, 5.41) is 11.8.